The highest BCUT2D eigenvalue weighted by molar-refractivity contribution is 5.92. The number of rotatable bonds is 18. The fraction of sp³-hybridized carbons (Fsp3) is 0.406. The SMILES string of the molecule is C#CCCOC(=O)C[C@H](C(=O)N[C@@H](CCCNC(N)=O)C(=O)Cc1ccc(COC(=O)Oc2ccc([N+](=O)[O-])cc2)cc1)C(C)C. The summed E-state index contributed by atoms with van der Waals surface area (Å²) in [5, 5.41) is 16.0. The molecular formula is C32H38N4O10. The Hall–Kier alpha value is -5.45. The number of amides is 3. The number of ether oxygens (including phenoxy) is 3. The van der Waals surface area contributed by atoms with Crippen LogP contribution in [-0.4, -0.2) is 54.0 Å². The van der Waals surface area contributed by atoms with Crippen molar-refractivity contribution in [3.05, 3.63) is 69.8 Å². The minimum atomic E-state index is -1.00. The average Bonchev–Trinajstić information content (AvgIpc) is 3.01. The summed E-state index contributed by atoms with van der Waals surface area (Å²) in [4.78, 5) is 72.0. The molecular weight excluding hydrogens is 600 g/mol. The molecule has 0 spiro atoms. The van der Waals surface area contributed by atoms with E-state index >= 15 is 0 Å². The summed E-state index contributed by atoms with van der Waals surface area (Å²) in [5.74, 6) is 0.142. The summed E-state index contributed by atoms with van der Waals surface area (Å²) in [6.45, 7) is 3.69. The van der Waals surface area contributed by atoms with Crippen LogP contribution in [0.15, 0.2) is 48.5 Å². The molecule has 0 aliphatic heterocycles. The number of primary amides is 1. The molecule has 3 amide bonds. The number of urea groups is 1. The van der Waals surface area contributed by atoms with E-state index in [0.29, 0.717) is 17.5 Å². The minimum absolute atomic E-state index is 0.0298. The number of hydrogen-bond acceptors (Lipinski definition) is 10. The molecule has 2 aromatic carbocycles. The molecule has 4 N–H and O–H groups in total. The Balaban J connectivity index is 1.99. The number of nitrogens with zero attached hydrogens (tertiary/aromatic N) is 1. The maximum Gasteiger partial charge on any atom is 0.514 e. The minimum Gasteiger partial charge on any atom is -0.465 e. The number of Topliss-reactive ketones (excluding diaryl/α,β-unsaturated/α-hetero) is 1. The molecule has 0 aliphatic rings. The first-order valence-electron chi connectivity index (χ1n) is 14.5. The lowest BCUT2D eigenvalue weighted by Gasteiger charge is -2.24. The van der Waals surface area contributed by atoms with Gasteiger partial charge in [0, 0.05) is 31.5 Å². The van der Waals surface area contributed by atoms with Gasteiger partial charge in [0.15, 0.2) is 5.78 Å². The van der Waals surface area contributed by atoms with Crippen molar-refractivity contribution in [3.8, 4) is 18.1 Å². The van der Waals surface area contributed by atoms with Gasteiger partial charge in [-0.2, -0.15) is 0 Å². The molecule has 46 heavy (non-hydrogen) atoms. The maximum atomic E-state index is 13.3. The topological polar surface area (TPSA) is 206 Å². The van der Waals surface area contributed by atoms with E-state index in [1.165, 1.54) is 24.3 Å². The summed E-state index contributed by atoms with van der Waals surface area (Å²) in [7, 11) is 0. The van der Waals surface area contributed by atoms with Gasteiger partial charge in [-0.3, -0.25) is 24.5 Å². The molecule has 14 nitrogen and oxygen atoms in total. The van der Waals surface area contributed by atoms with Crippen molar-refractivity contribution >= 4 is 35.5 Å². The second-order valence-corrected chi connectivity index (χ2v) is 10.6. The van der Waals surface area contributed by atoms with Gasteiger partial charge < -0.3 is 30.6 Å². The quantitative estimate of drug-likeness (QED) is 0.0540. The molecule has 246 valence electrons. The molecule has 0 unspecified atom stereocenters. The van der Waals surface area contributed by atoms with E-state index in [1.54, 1.807) is 38.1 Å². The standard InChI is InChI=1S/C32H38N4O10/c1-4-5-17-44-29(38)19-26(21(2)3)30(39)35-27(7-6-16-34-31(33)40)28(37)18-22-8-10-23(11-9-22)20-45-32(41)46-25-14-12-24(13-15-25)36(42)43/h1,8-15,21,26-27H,5-7,16-20H2,2-3H3,(H,35,39)(H3,33,34,40)/t26-,27-/m0/s1. The number of carbonyl (C=O) groups is 5. The van der Waals surface area contributed by atoms with E-state index in [1.807, 2.05) is 0 Å². The largest absolute Gasteiger partial charge is 0.514 e. The van der Waals surface area contributed by atoms with Crippen molar-refractivity contribution in [2.45, 2.75) is 58.6 Å². The van der Waals surface area contributed by atoms with Gasteiger partial charge in [0.1, 0.15) is 19.0 Å². The van der Waals surface area contributed by atoms with E-state index in [9.17, 15) is 34.1 Å². The number of benzene rings is 2. The number of non-ortho nitro benzene ring substituents is 1. The summed E-state index contributed by atoms with van der Waals surface area (Å²) in [6.07, 6.45) is 4.79. The molecule has 0 radical (unpaired) electrons. The van der Waals surface area contributed by atoms with Gasteiger partial charge in [0.25, 0.3) is 5.69 Å². The predicted molar refractivity (Wildman–Crippen MR) is 165 cm³/mol. The number of ketones is 1. The smallest absolute Gasteiger partial charge is 0.465 e. The summed E-state index contributed by atoms with van der Waals surface area (Å²) < 4.78 is 15.2. The predicted octanol–water partition coefficient (Wildman–Crippen LogP) is 3.58. The number of carbonyl (C=O) groups excluding carboxylic acids is 5. The van der Waals surface area contributed by atoms with E-state index in [0.717, 1.165) is 0 Å². The third-order valence-corrected chi connectivity index (χ3v) is 6.72. The lowest BCUT2D eigenvalue weighted by molar-refractivity contribution is -0.384. The first-order valence-corrected chi connectivity index (χ1v) is 14.5. The van der Waals surface area contributed by atoms with Crippen molar-refractivity contribution in [2.75, 3.05) is 13.2 Å². The molecule has 0 saturated heterocycles. The second-order valence-electron chi connectivity index (χ2n) is 10.6. The molecule has 0 aromatic heterocycles. The van der Waals surface area contributed by atoms with Gasteiger partial charge in [-0.25, -0.2) is 9.59 Å². The third-order valence-electron chi connectivity index (χ3n) is 6.72. The molecule has 0 heterocycles. The van der Waals surface area contributed by atoms with E-state index in [-0.39, 0.29) is 68.6 Å². The number of nitro groups is 1. The second kappa shape index (κ2) is 19.0. The molecule has 2 atom stereocenters. The first-order chi connectivity index (χ1) is 21.9. The highest BCUT2D eigenvalue weighted by atomic mass is 16.7. The molecule has 2 aromatic rings. The zero-order valence-corrected chi connectivity index (χ0v) is 25.7. The van der Waals surface area contributed by atoms with E-state index in [2.05, 4.69) is 16.6 Å². The van der Waals surface area contributed by atoms with Crippen LogP contribution in [0.1, 0.15) is 50.7 Å². The van der Waals surface area contributed by atoms with Gasteiger partial charge in [-0.1, -0.05) is 38.1 Å². The van der Waals surface area contributed by atoms with Gasteiger partial charge in [-0.15, -0.1) is 12.3 Å². The van der Waals surface area contributed by atoms with Gasteiger partial charge in [0.05, 0.1) is 23.3 Å². The van der Waals surface area contributed by atoms with Crippen molar-refractivity contribution in [2.24, 2.45) is 17.6 Å². The Kier molecular flexibility index (Phi) is 15.2. The molecule has 0 saturated carbocycles. The van der Waals surface area contributed by atoms with Crippen molar-refractivity contribution in [1.29, 1.82) is 0 Å². The molecule has 0 fully saturated rings. The maximum absolute atomic E-state index is 13.3. The number of esters is 1. The summed E-state index contributed by atoms with van der Waals surface area (Å²) in [5.41, 5.74) is 6.20. The van der Waals surface area contributed by atoms with Crippen molar-refractivity contribution in [3.63, 3.8) is 0 Å². The Morgan fingerprint density at radius 3 is 2.24 bits per heavy atom. The van der Waals surface area contributed by atoms with Crippen LogP contribution in [0.3, 0.4) is 0 Å². The highest BCUT2D eigenvalue weighted by Gasteiger charge is 2.29. The number of nitro benzene ring substituents is 1. The van der Waals surface area contributed by atoms with Crippen molar-refractivity contribution in [1.82, 2.24) is 10.6 Å². The highest BCUT2D eigenvalue weighted by Crippen LogP contribution is 2.19. The normalized spacial score (nSPS) is 11.8. The van der Waals surface area contributed by atoms with Crippen LogP contribution in [-0.2, 0) is 36.9 Å². The average molecular weight is 639 g/mol. The molecule has 14 heteroatoms. The van der Waals surface area contributed by atoms with Crippen LogP contribution in [0.25, 0.3) is 0 Å². The monoisotopic (exact) mass is 638 g/mol. The first kappa shape index (κ1) is 36.7. The van der Waals surface area contributed by atoms with Gasteiger partial charge >= 0.3 is 18.2 Å². The summed E-state index contributed by atoms with van der Waals surface area (Å²) in [6, 6.07) is 9.99. The Labute approximate surface area is 266 Å². The number of hydrogen-bond donors (Lipinski definition) is 3. The van der Waals surface area contributed by atoms with Crippen LogP contribution in [0.2, 0.25) is 0 Å². The lowest BCUT2D eigenvalue weighted by atomic mass is 9.90. The number of nitrogens with one attached hydrogen (secondary N) is 2. The van der Waals surface area contributed by atoms with Gasteiger partial charge in [-0.05, 0) is 42.0 Å². The van der Waals surface area contributed by atoms with Crippen LogP contribution in [0.5, 0.6) is 5.75 Å². The van der Waals surface area contributed by atoms with E-state index in [4.69, 9.17) is 26.4 Å². The number of nitrogens with two attached hydrogens (primary N) is 1. The van der Waals surface area contributed by atoms with Crippen LogP contribution >= 0.6 is 0 Å². The molecule has 0 aliphatic carbocycles. The van der Waals surface area contributed by atoms with Crippen LogP contribution in [0.4, 0.5) is 15.3 Å². The van der Waals surface area contributed by atoms with Crippen LogP contribution < -0.4 is 21.1 Å². The third kappa shape index (κ3) is 13.5. The fourth-order valence-electron chi connectivity index (χ4n) is 4.19. The molecule has 0 bridgehead atoms. The lowest BCUT2D eigenvalue weighted by Crippen LogP contribution is -2.46. The zero-order valence-electron chi connectivity index (χ0n) is 25.7. The fourth-order valence-corrected chi connectivity index (χ4v) is 4.19. The Morgan fingerprint density at radius 1 is 1.00 bits per heavy atom. The molecule has 2 rings (SSSR count). The Bertz CT molecular complexity index is 1400. The van der Waals surface area contributed by atoms with Crippen molar-refractivity contribution < 1.29 is 43.1 Å². The van der Waals surface area contributed by atoms with Gasteiger partial charge in [0.2, 0.25) is 5.91 Å². The van der Waals surface area contributed by atoms with E-state index < -0.39 is 40.9 Å². The number of terminal acetylenes is 1. The van der Waals surface area contributed by atoms with Crippen LogP contribution in [0, 0.1) is 34.3 Å². The summed E-state index contributed by atoms with van der Waals surface area (Å²) >= 11 is 0. The zero-order chi connectivity index (χ0) is 34.1. The Morgan fingerprint density at radius 2 is 1.65 bits per heavy atom.